The van der Waals surface area contributed by atoms with Crippen LogP contribution in [0.15, 0.2) is 24.3 Å². The molecule has 1 amide bonds. The Morgan fingerprint density at radius 2 is 2.20 bits per heavy atom. The maximum Gasteiger partial charge on any atom is 0.307 e. The van der Waals surface area contributed by atoms with E-state index in [9.17, 15) is 14.0 Å². The lowest BCUT2D eigenvalue weighted by Crippen LogP contribution is -2.34. The highest BCUT2D eigenvalue weighted by Gasteiger charge is 2.16. The fraction of sp³-hybridized carbons (Fsp3) is 0.286. The SMILES string of the molecule is COC(=O)C[C@H](C)NC(=O)c1cc2c(F)cccc2[nH]1. The lowest BCUT2D eigenvalue weighted by Gasteiger charge is -2.11. The molecule has 0 aliphatic carbocycles. The summed E-state index contributed by atoms with van der Waals surface area (Å²) >= 11 is 0. The molecule has 6 heteroatoms. The first-order chi connectivity index (χ1) is 9.51. The molecule has 0 bridgehead atoms. The minimum absolute atomic E-state index is 0.0802. The molecular formula is C14H15FN2O3. The highest BCUT2D eigenvalue weighted by molar-refractivity contribution is 5.98. The quantitative estimate of drug-likeness (QED) is 0.840. The molecule has 2 rings (SSSR count). The fourth-order valence-corrected chi connectivity index (χ4v) is 1.93. The van der Waals surface area contributed by atoms with Crippen molar-refractivity contribution in [2.75, 3.05) is 7.11 Å². The van der Waals surface area contributed by atoms with Crippen LogP contribution in [0.1, 0.15) is 23.8 Å². The number of fused-ring (bicyclic) bond motifs is 1. The second-order valence-electron chi connectivity index (χ2n) is 4.54. The zero-order chi connectivity index (χ0) is 14.7. The van der Waals surface area contributed by atoms with Gasteiger partial charge in [-0.15, -0.1) is 0 Å². The first-order valence-electron chi connectivity index (χ1n) is 6.16. The van der Waals surface area contributed by atoms with Gasteiger partial charge in [0.15, 0.2) is 0 Å². The number of aromatic nitrogens is 1. The molecule has 1 atom stereocenters. The number of carbonyl (C=O) groups is 2. The van der Waals surface area contributed by atoms with Crippen molar-refractivity contribution in [3.63, 3.8) is 0 Å². The molecule has 0 saturated heterocycles. The molecule has 0 spiro atoms. The number of benzene rings is 1. The normalized spacial score (nSPS) is 12.2. The summed E-state index contributed by atoms with van der Waals surface area (Å²) in [6.45, 7) is 1.69. The largest absolute Gasteiger partial charge is 0.469 e. The zero-order valence-corrected chi connectivity index (χ0v) is 11.2. The lowest BCUT2D eigenvalue weighted by atomic mass is 10.2. The fourth-order valence-electron chi connectivity index (χ4n) is 1.93. The van der Waals surface area contributed by atoms with Gasteiger partial charge < -0.3 is 15.0 Å². The van der Waals surface area contributed by atoms with Gasteiger partial charge in [0.05, 0.1) is 13.5 Å². The predicted molar refractivity (Wildman–Crippen MR) is 71.8 cm³/mol. The molecule has 0 unspecified atom stereocenters. The molecule has 0 saturated carbocycles. The number of hydrogen-bond donors (Lipinski definition) is 2. The standard InChI is InChI=1S/C14H15FN2O3/c1-8(6-13(18)20-2)16-14(19)12-7-9-10(15)4-3-5-11(9)17-12/h3-5,7-8,17H,6H2,1-2H3,(H,16,19)/t8-/m0/s1. The van der Waals surface area contributed by atoms with Crippen molar-refractivity contribution in [2.45, 2.75) is 19.4 Å². The average molecular weight is 278 g/mol. The number of methoxy groups -OCH3 is 1. The van der Waals surface area contributed by atoms with Crippen LogP contribution in [0, 0.1) is 5.82 Å². The van der Waals surface area contributed by atoms with Gasteiger partial charge in [0.25, 0.3) is 5.91 Å². The molecule has 0 aliphatic rings. The Balaban J connectivity index is 2.11. The van der Waals surface area contributed by atoms with Crippen molar-refractivity contribution in [1.82, 2.24) is 10.3 Å². The Kier molecular flexibility index (Phi) is 4.02. The third-order valence-corrected chi connectivity index (χ3v) is 2.93. The van der Waals surface area contributed by atoms with Crippen molar-refractivity contribution in [2.24, 2.45) is 0 Å². The summed E-state index contributed by atoms with van der Waals surface area (Å²) < 4.78 is 18.1. The third kappa shape index (κ3) is 2.96. The first kappa shape index (κ1) is 14.0. The second-order valence-corrected chi connectivity index (χ2v) is 4.54. The maximum absolute atomic E-state index is 13.5. The molecule has 1 heterocycles. The topological polar surface area (TPSA) is 71.2 Å². The molecule has 2 N–H and O–H groups in total. The van der Waals surface area contributed by atoms with E-state index in [-0.39, 0.29) is 24.0 Å². The monoisotopic (exact) mass is 278 g/mol. The minimum Gasteiger partial charge on any atom is -0.469 e. The van der Waals surface area contributed by atoms with Crippen LogP contribution in [-0.2, 0) is 9.53 Å². The van der Waals surface area contributed by atoms with E-state index in [0.29, 0.717) is 10.9 Å². The molecular weight excluding hydrogens is 263 g/mol. The van der Waals surface area contributed by atoms with Crippen LogP contribution in [0.3, 0.4) is 0 Å². The van der Waals surface area contributed by atoms with Crippen LogP contribution >= 0.6 is 0 Å². The Morgan fingerprint density at radius 3 is 2.85 bits per heavy atom. The van der Waals surface area contributed by atoms with Gasteiger partial charge in [0, 0.05) is 16.9 Å². The third-order valence-electron chi connectivity index (χ3n) is 2.93. The smallest absolute Gasteiger partial charge is 0.307 e. The number of H-pyrrole nitrogens is 1. The van der Waals surface area contributed by atoms with E-state index in [4.69, 9.17) is 0 Å². The summed E-state index contributed by atoms with van der Waals surface area (Å²) in [5, 5.41) is 3.01. The molecule has 106 valence electrons. The number of halogens is 1. The lowest BCUT2D eigenvalue weighted by molar-refractivity contribution is -0.141. The van der Waals surface area contributed by atoms with Crippen molar-refractivity contribution in [3.05, 3.63) is 35.8 Å². The van der Waals surface area contributed by atoms with Gasteiger partial charge in [-0.2, -0.15) is 0 Å². The molecule has 0 aliphatic heterocycles. The molecule has 1 aromatic heterocycles. The van der Waals surface area contributed by atoms with Crippen LogP contribution in [0.5, 0.6) is 0 Å². The van der Waals surface area contributed by atoms with Gasteiger partial charge >= 0.3 is 5.97 Å². The summed E-state index contributed by atoms with van der Waals surface area (Å²) in [6.07, 6.45) is 0.0802. The Bertz CT molecular complexity index is 651. The number of aromatic amines is 1. The Morgan fingerprint density at radius 1 is 1.45 bits per heavy atom. The number of rotatable bonds is 4. The number of hydrogen-bond acceptors (Lipinski definition) is 3. The van der Waals surface area contributed by atoms with E-state index < -0.39 is 11.9 Å². The average Bonchev–Trinajstić information content (AvgIpc) is 2.84. The van der Waals surface area contributed by atoms with Crippen molar-refractivity contribution in [3.8, 4) is 0 Å². The highest BCUT2D eigenvalue weighted by Crippen LogP contribution is 2.18. The van der Waals surface area contributed by atoms with Crippen LogP contribution in [0.25, 0.3) is 10.9 Å². The van der Waals surface area contributed by atoms with E-state index in [0.717, 1.165) is 0 Å². The Hall–Kier alpha value is -2.37. The van der Waals surface area contributed by atoms with Crippen molar-refractivity contribution < 1.29 is 18.7 Å². The number of nitrogens with one attached hydrogen (secondary N) is 2. The summed E-state index contributed by atoms with van der Waals surface area (Å²) in [5.41, 5.74) is 0.803. The van der Waals surface area contributed by atoms with Gasteiger partial charge in [-0.1, -0.05) is 6.07 Å². The summed E-state index contributed by atoms with van der Waals surface area (Å²) in [4.78, 5) is 25.9. The van der Waals surface area contributed by atoms with Gasteiger partial charge in [-0.25, -0.2) is 4.39 Å². The van der Waals surface area contributed by atoms with Crippen LogP contribution in [0.4, 0.5) is 4.39 Å². The molecule has 0 radical (unpaired) electrons. The summed E-state index contributed by atoms with van der Waals surface area (Å²) in [7, 11) is 1.29. The van der Waals surface area contributed by atoms with Gasteiger partial charge in [-0.05, 0) is 25.1 Å². The Labute approximate surface area is 115 Å². The molecule has 0 fully saturated rings. The zero-order valence-electron chi connectivity index (χ0n) is 11.2. The molecule has 1 aromatic carbocycles. The van der Waals surface area contributed by atoms with E-state index in [1.165, 1.54) is 19.2 Å². The van der Waals surface area contributed by atoms with Crippen molar-refractivity contribution in [1.29, 1.82) is 0 Å². The van der Waals surface area contributed by atoms with E-state index in [1.807, 2.05) is 0 Å². The van der Waals surface area contributed by atoms with Gasteiger partial charge in [-0.3, -0.25) is 9.59 Å². The molecule has 2 aromatic rings. The molecule has 5 nitrogen and oxygen atoms in total. The summed E-state index contributed by atoms with van der Waals surface area (Å²) in [6, 6.07) is 5.66. The van der Waals surface area contributed by atoms with Gasteiger partial charge in [0.2, 0.25) is 0 Å². The van der Waals surface area contributed by atoms with Crippen LogP contribution < -0.4 is 5.32 Å². The maximum atomic E-state index is 13.5. The highest BCUT2D eigenvalue weighted by atomic mass is 19.1. The van der Waals surface area contributed by atoms with Crippen LogP contribution in [0.2, 0.25) is 0 Å². The van der Waals surface area contributed by atoms with E-state index >= 15 is 0 Å². The number of amides is 1. The number of carbonyl (C=O) groups excluding carboxylic acids is 2. The van der Waals surface area contributed by atoms with Crippen molar-refractivity contribution >= 4 is 22.8 Å². The predicted octanol–water partition coefficient (Wildman–Crippen LogP) is 1.99. The minimum atomic E-state index is -0.402. The first-order valence-corrected chi connectivity index (χ1v) is 6.16. The number of ether oxygens (including phenoxy) is 1. The molecule has 20 heavy (non-hydrogen) atoms. The van der Waals surface area contributed by atoms with Gasteiger partial charge in [0.1, 0.15) is 11.5 Å². The van der Waals surface area contributed by atoms with Crippen LogP contribution in [-0.4, -0.2) is 30.0 Å². The second kappa shape index (κ2) is 5.73. The van der Waals surface area contributed by atoms with E-state index in [1.54, 1.807) is 19.1 Å². The number of esters is 1. The summed E-state index contributed by atoms with van der Waals surface area (Å²) in [5.74, 6) is -1.18. The van der Waals surface area contributed by atoms with E-state index in [2.05, 4.69) is 15.0 Å².